The van der Waals surface area contributed by atoms with Crippen LogP contribution in [0.1, 0.15) is 32.6 Å². The van der Waals surface area contributed by atoms with Gasteiger partial charge in [-0.2, -0.15) is 0 Å². The van der Waals surface area contributed by atoms with Crippen LogP contribution in [0.4, 0.5) is 0 Å². The number of nitrogens with zero attached hydrogens (tertiary/aromatic N) is 1. The maximum Gasteiger partial charge on any atom is 0.305 e. The Morgan fingerprint density at radius 3 is 2.69 bits per heavy atom. The molecule has 1 aliphatic rings. The molecular formula is C12H24N2O2. The van der Waals surface area contributed by atoms with Crippen molar-refractivity contribution in [3.05, 3.63) is 0 Å². The fourth-order valence-corrected chi connectivity index (χ4v) is 2.13. The first-order valence-electron chi connectivity index (χ1n) is 6.31. The van der Waals surface area contributed by atoms with Gasteiger partial charge in [-0.3, -0.25) is 4.79 Å². The van der Waals surface area contributed by atoms with Gasteiger partial charge in [-0.1, -0.05) is 0 Å². The van der Waals surface area contributed by atoms with Crippen molar-refractivity contribution in [2.75, 3.05) is 33.3 Å². The van der Waals surface area contributed by atoms with Gasteiger partial charge in [-0.15, -0.1) is 0 Å². The van der Waals surface area contributed by atoms with Crippen molar-refractivity contribution in [3.63, 3.8) is 0 Å². The van der Waals surface area contributed by atoms with E-state index in [0.29, 0.717) is 19.1 Å². The molecule has 0 spiro atoms. The second-order valence-electron chi connectivity index (χ2n) is 4.31. The van der Waals surface area contributed by atoms with Crippen molar-refractivity contribution in [2.45, 2.75) is 38.6 Å². The predicted molar refractivity (Wildman–Crippen MR) is 64.4 cm³/mol. The molecule has 16 heavy (non-hydrogen) atoms. The number of ether oxygens (including phenoxy) is 1. The third-order valence-corrected chi connectivity index (χ3v) is 3.16. The van der Waals surface area contributed by atoms with Gasteiger partial charge in [-0.25, -0.2) is 0 Å². The SMILES string of the molecule is CCOC(=O)CCCN1CCC(NC)CC1. The zero-order valence-corrected chi connectivity index (χ0v) is 10.5. The lowest BCUT2D eigenvalue weighted by atomic mass is 10.1. The smallest absolute Gasteiger partial charge is 0.305 e. The normalized spacial score (nSPS) is 18.6. The highest BCUT2D eigenvalue weighted by Gasteiger charge is 2.17. The lowest BCUT2D eigenvalue weighted by molar-refractivity contribution is -0.143. The van der Waals surface area contributed by atoms with Gasteiger partial charge in [0.05, 0.1) is 6.61 Å². The van der Waals surface area contributed by atoms with Crippen LogP contribution in [0.2, 0.25) is 0 Å². The summed E-state index contributed by atoms with van der Waals surface area (Å²) in [4.78, 5) is 13.6. The van der Waals surface area contributed by atoms with Crippen LogP contribution in [0.5, 0.6) is 0 Å². The molecule has 1 rings (SSSR count). The number of likely N-dealkylation sites (tertiary alicyclic amines) is 1. The third-order valence-electron chi connectivity index (χ3n) is 3.16. The van der Waals surface area contributed by atoms with E-state index in [1.807, 2.05) is 14.0 Å². The Kier molecular flexibility index (Phi) is 6.42. The zero-order valence-electron chi connectivity index (χ0n) is 10.5. The minimum absolute atomic E-state index is 0.0624. The summed E-state index contributed by atoms with van der Waals surface area (Å²) < 4.78 is 4.90. The first-order chi connectivity index (χ1) is 7.76. The van der Waals surface area contributed by atoms with Crippen molar-refractivity contribution >= 4 is 5.97 Å². The molecule has 0 aromatic rings. The van der Waals surface area contributed by atoms with E-state index in [0.717, 1.165) is 26.1 Å². The Morgan fingerprint density at radius 1 is 1.44 bits per heavy atom. The highest BCUT2D eigenvalue weighted by molar-refractivity contribution is 5.69. The molecule has 4 nitrogen and oxygen atoms in total. The van der Waals surface area contributed by atoms with Crippen LogP contribution in [-0.4, -0.2) is 50.2 Å². The minimum Gasteiger partial charge on any atom is -0.466 e. The molecule has 1 aliphatic heterocycles. The topological polar surface area (TPSA) is 41.6 Å². The van der Waals surface area contributed by atoms with Crippen LogP contribution < -0.4 is 5.32 Å². The van der Waals surface area contributed by atoms with Gasteiger partial charge in [0.25, 0.3) is 0 Å². The molecule has 0 aliphatic carbocycles. The van der Waals surface area contributed by atoms with Crippen LogP contribution in [0.3, 0.4) is 0 Å². The summed E-state index contributed by atoms with van der Waals surface area (Å²) in [6.45, 7) is 5.66. The van der Waals surface area contributed by atoms with E-state index in [4.69, 9.17) is 4.74 Å². The summed E-state index contributed by atoms with van der Waals surface area (Å²) in [5.74, 6) is -0.0624. The quantitative estimate of drug-likeness (QED) is 0.689. The first kappa shape index (κ1) is 13.5. The molecule has 0 aromatic heterocycles. The van der Waals surface area contributed by atoms with Gasteiger partial charge in [0.1, 0.15) is 0 Å². The van der Waals surface area contributed by atoms with Gasteiger partial charge in [0, 0.05) is 12.5 Å². The van der Waals surface area contributed by atoms with E-state index in [2.05, 4.69) is 10.2 Å². The predicted octanol–water partition coefficient (Wildman–Crippen LogP) is 1.01. The van der Waals surface area contributed by atoms with E-state index in [1.54, 1.807) is 0 Å². The van der Waals surface area contributed by atoms with Gasteiger partial charge in [0.2, 0.25) is 0 Å². The van der Waals surface area contributed by atoms with Crippen molar-refractivity contribution in [2.24, 2.45) is 0 Å². The highest BCUT2D eigenvalue weighted by atomic mass is 16.5. The Morgan fingerprint density at radius 2 is 2.12 bits per heavy atom. The Balaban J connectivity index is 2.04. The Labute approximate surface area is 98.3 Å². The second-order valence-corrected chi connectivity index (χ2v) is 4.31. The number of nitrogens with one attached hydrogen (secondary N) is 1. The highest BCUT2D eigenvalue weighted by Crippen LogP contribution is 2.10. The minimum atomic E-state index is -0.0624. The van der Waals surface area contributed by atoms with Gasteiger partial charge in [-0.05, 0) is 52.9 Å². The number of piperidine rings is 1. The molecule has 1 heterocycles. The third kappa shape index (κ3) is 4.94. The Bertz CT molecular complexity index is 201. The number of carbonyl (C=O) groups excluding carboxylic acids is 1. The average Bonchev–Trinajstić information content (AvgIpc) is 2.30. The molecule has 1 fully saturated rings. The van der Waals surface area contributed by atoms with Crippen LogP contribution >= 0.6 is 0 Å². The standard InChI is InChI=1S/C12H24N2O2/c1-3-16-12(15)5-4-8-14-9-6-11(13-2)7-10-14/h11,13H,3-10H2,1-2H3. The fourth-order valence-electron chi connectivity index (χ4n) is 2.13. The van der Waals surface area contributed by atoms with Crippen molar-refractivity contribution in [1.82, 2.24) is 10.2 Å². The maximum atomic E-state index is 11.1. The van der Waals surface area contributed by atoms with Crippen LogP contribution in [0.15, 0.2) is 0 Å². The molecule has 0 atom stereocenters. The van der Waals surface area contributed by atoms with E-state index in [-0.39, 0.29) is 5.97 Å². The lowest BCUT2D eigenvalue weighted by Gasteiger charge is -2.31. The summed E-state index contributed by atoms with van der Waals surface area (Å²) in [5, 5.41) is 3.31. The largest absolute Gasteiger partial charge is 0.466 e. The fraction of sp³-hybridized carbons (Fsp3) is 0.917. The molecule has 0 radical (unpaired) electrons. The molecule has 0 amide bonds. The molecular weight excluding hydrogens is 204 g/mol. The lowest BCUT2D eigenvalue weighted by Crippen LogP contribution is -2.41. The average molecular weight is 228 g/mol. The first-order valence-corrected chi connectivity index (χ1v) is 6.31. The Hall–Kier alpha value is -0.610. The molecule has 0 aromatic carbocycles. The number of esters is 1. The van der Waals surface area contributed by atoms with Crippen LogP contribution in [0.25, 0.3) is 0 Å². The van der Waals surface area contributed by atoms with Crippen LogP contribution in [0, 0.1) is 0 Å². The summed E-state index contributed by atoms with van der Waals surface area (Å²) in [6, 6.07) is 0.682. The molecule has 1 saturated heterocycles. The van der Waals surface area contributed by atoms with Crippen molar-refractivity contribution in [3.8, 4) is 0 Å². The van der Waals surface area contributed by atoms with E-state index < -0.39 is 0 Å². The van der Waals surface area contributed by atoms with Crippen LogP contribution in [-0.2, 0) is 9.53 Å². The number of rotatable bonds is 6. The van der Waals surface area contributed by atoms with Gasteiger partial charge >= 0.3 is 5.97 Å². The molecule has 0 bridgehead atoms. The number of hydrogen-bond acceptors (Lipinski definition) is 4. The zero-order chi connectivity index (χ0) is 11.8. The molecule has 4 heteroatoms. The van der Waals surface area contributed by atoms with Gasteiger partial charge < -0.3 is 15.0 Å². The van der Waals surface area contributed by atoms with E-state index in [1.165, 1.54) is 12.8 Å². The molecule has 0 unspecified atom stereocenters. The monoisotopic (exact) mass is 228 g/mol. The van der Waals surface area contributed by atoms with Gasteiger partial charge in [0.15, 0.2) is 0 Å². The van der Waals surface area contributed by atoms with E-state index in [9.17, 15) is 4.79 Å². The molecule has 1 N–H and O–H groups in total. The number of carbonyl (C=O) groups is 1. The summed E-state index contributed by atoms with van der Waals surface area (Å²) in [6.07, 6.45) is 3.91. The maximum absolute atomic E-state index is 11.1. The molecule has 0 saturated carbocycles. The van der Waals surface area contributed by atoms with Crippen molar-refractivity contribution in [1.29, 1.82) is 0 Å². The van der Waals surface area contributed by atoms with E-state index >= 15 is 0 Å². The van der Waals surface area contributed by atoms with Crippen molar-refractivity contribution < 1.29 is 9.53 Å². The summed E-state index contributed by atoms with van der Waals surface area (Å²) in [7, 11) is 2.03. The second kappa shape index (κ2) is 7.63. The number of hydrogen-bond donors (Lipinski definition) is 1. The summed E-state index contributed by atoms with van der Waals surface area (Å²) >= 11 is 0. The summed E-state index contributed by atoms with van der Waals surface area (Å²) in [5.41, 5.74) is 0. The molecule has 94 valence electrons.